The molecule has 0 saturated carbocycles. The summed E-state index contributed by atoms with van der Waals surface area (Å²) in [5, 5.41) is 0.685. The zero-order valence-electron chi connectivity index (χ0n) is 9.78. The maximum Gasteiger partial charge on any atom is 0.273 e. The first kappa shape index (κ1) is 11.1. The fraction of sp³-hybridized carbons (Fsp3) is 0.0769. The smallest absolute Gasteiger partial charge is 0.267 e. The van der Waals surface area contributed by atoms with E-state index in [1.165, 1.54) is 11.8 Å². The molecule has 4 nitrogen and oxygen atoms in total. The summed E-state index contributed by atoms with van der Waals surface area (Å²) in [7, 11) is 0. The first-order valence-corrected chi connectivity index (χ1v) is 6.72. The van der Waals surface area contributed by atoms with Gasteiger partial charge in [0.2, 0.25) is 0 Å². The molecular formula is C13H11N3OS. The van der Waals surface area contributed by atoms with Crippen molar-refractivity contribution in [1.29, 1.82) is 0 Å². The minimum absolute atomic E-state index is 0.0652. The summed E-state index contributed by atoms with van der Waals surface area (Å²) in [6.45, 7) is 0. The molecule has 0 radical (unpaired) electrons. The SMILES string of the molecule is CSc1ncc(-c2ccccc2)n2ccc(=O)n12. The molecule has 18 heavy (non-hydrogen) atoms. The van der Waals surface area contributed by atoms with Crippen LogP contribution in [0.5, 0.6) is 0 Å². The molecule has 90 valence electrons. The third kappa shape index (κ3) is 1.64. The number of hydrogen-bond donors (Lipinski definition) is 0. The minimum Gasteiger partial charge on any atom is -0.267 e. The Balaban J connectivity index is 2.36. The third-order valence-electron chi connectivity index (χ3n) is 2.76. The van der Waals surface area contributed by atoms with Crippen molar-refractivity contribution in [2.75, 3.05) is 6.26 Å². The van der Waals surface area contributed by atoms with Gasteiger partial charge in [0.15, 0.2) is 5.16 Å². The Morgan fingerprint density at radius 3 is 2.67 bits per heavy atom. The predicted molar refractivity (Wildman–Crippen MR) is 72.1 cm³/mol. The van der Waals surface area contributed by atoms with Crippen LogP contribution in [0.15, 0.2) is 58.7 Å². The molecular weight excluding hydrogens is 246 g/mol. The molecule has 0 bridgehead atoms. The van der Waals surface area contributed by atoms with E-state index in [0.29, 0.717) is 5.16 Å². The molecule has 0 aliphatic rings. The molecule has 0 aliphatic heterocycles. The lowest BCUT2D eigenvalue weighted by Crippen LogP contribution is -2.15. The lowest BCUT2D eigenvalue weighted by Gasteiger charge is -2.09. The highest BCUT2D eigenvalue weighted by Gasteiger charge is 2.09. The molecule has 1 aromatic carbocycles. The number of fused-ring (bicyclic) bond motifs is 1. The van der Waals surface area contributed by atoms with E-state index in [-0.39, 0.29) is 5.56 Å². The van der Waals surface area contributed by atoms with E-state index < -0.39 is 0 Å². The van der Waals surface area contributed by atoms with E-state index in [1.54, 1.807) is 23.0 Å². The number of benzene rings is 1. The minimum atomic E-state index is -0.0652. The molecule has 3 rings (SSSR count). The molecule has 0 fully saturated rings. The number of aromatic nitrogens is 3. The third-order valence-corrected chi connectivity index (χ3v) is 3.40. The highest BCUT2D eigenvalue weighted by Crippen LogP contribution is 2.19. The van der Waals surface area contributed by atoms with Gasteiger partial charge in [0.05, 0.1) is 11.9 Å². The molecule has 2 aromatic heterocycles. The molecule has 0 unspecified atom stereocenters. The first-order chi connectivity index (χ1) is 8.81. The van der Waals surface area contributed by atoms with Gasteiger partial charge in [-0.3, -0.25) is 4.79 Å². The van der Waals surface area contributed by atoms with E-state index in [2.05, 4.69) is 4.98 Å². The second-order valence-electron chi connectivity index (χ2n) is 3.81. The van der Waals surface area contributed by atoms with E-state index in [0.717, 1.165) is 11.3 Å². The highest BCUT2D eigenvalue weighted by molar-refractivity contribution is 7.98. The van der Waals surface area contributed by atoms with Crippen molar-refractivity contribution < 1.29 is 0 Å². The monoisotopic (exact) mass is 257 g/mol. The molecule has 0 N–H and O–H groups in total. The van der Waals surface area contributed by atoms with Crippen molar-refractivity contribution >= 4 is 11.8 Å². The van der Waals surface area contributed by atoms with Gasteiger partial charge < -0.3 is 0 Å². The summed E-state index contributed by atoms with van der Waals surface area (Å²) >= 11 is 1.45. The van der Waals surface area contributed by atoms with Gasteiger partial charge in [-0.1, -0.05) is 42.1 Å². The summed E-state index contributed by atoms with van der Waals surface area (Å²) in [4.78, 5) is 16.2. The zero-order chi connectivity index (χ0) is 12.5. The maximum atomic E-state index is 11.8. The van der Waals surface area contributed by atoms with Crippen LogP contribution in [0.2, 0.25) is 0 Å². The van der Waals surface area contributed by atoms with Gasteiger partial charge in [0, 0.05) is 17.8 Å². The Morgan fingerprint density at radius 1 is 1.17 bits per heavy atom. The van der Waals surface area contributed by atoms with Crippen LogP contribution in [0.3, 0.4) is 0 Å². The largest absolute Gasteiger partial charge is 0.273 e. The Morgan fingerprint density at radius 2 is 1.94 bits per heavy atom. The van der Waals surface area contributed by atoms with E-state index >= 15 is 0 Å². The van der Waals surface area contributed by atoms with Crippen molar-refractivity contribution in [2.45, 2.75) is 5.16 Å². The maximum absolute atomic E-state index is 11.8. The van der Waals surface area contributed by atoms with Gasteiger partial charge in [-0.2, -0.15) is 4.52 Å². The van der Waals surface area contributed by atoms with Crippen LogP contribution >= 0.6 is 11.8 Å². The van der Waals surface area contributed by atoms with Crippen LogP contribution in [0.1, 0.15) is 0 Å². The lowest BCUT2D eigenvalue weighted by atomic mass is 10.2. The molecule has 0 atom stereocenters. The molecule has 0 aliphatic carbocycles. The summed E-state index contributed by atoms with van der Waals surface area (Å²) in [6, 6.07) is 11.5. The van der Waals surface area contributed by atoms with Gasteiger partial charge >= 0.3 is 0 Å². The average Bonchev–Trinajstić information content (AvgIpc) is 2.81. The van der Waals surface area contributed by atoms with Crippen molar-refractivity contribution in [2.24, 2.45) is 0 Å². The Bertz CT molecular complexity index is 746. The van der Waals surface area contributed by atoms with Gasteiger partial charge in [-0.05, 0) is 6.26 Å². The average molecular weight is 257 g/mol. The summed E-state index contributed by atoms with van der Waals surface area (Å²) in [5.41, 5.74) is 1.87. The quantitative estimate of drug-likeness (QED) is 0.660. The number of hydrogen-bond acceptors (Lipinski definition) is 3. The Kier molecular flexibility index (Phi) is 2.68. The van der Waals surface area contributed by atoms with Crippen LogP contribution in [0.25, 0.3) is 11.3 Å². The summed E-state index contributed by atoms with van der Waals surface area (Å²) < 4.78 is 3.41. The Labute approximate surface area is 108 Å². The second kappa shape index (κ2) is 4.34. The van der Waals surface area contributed by atoms with E-state index in [1.807, 2.05) is 41.1 Å². The highest BCUT2D eigenvalue weighted by atomic mass is 32.2. The first-order valence-electron chi connectivity index (χ1n) is 5.50. The molecule has 5 heteroatoms. The fourth-order valence-electron chi connectivity index (χ4n) is 1.94. The number of rotatable bonds is 2. The topological polar surface area (TPSA) is 38.8 Å². The van der Waals surface area contributed by atoms with Gasteiger partial charge in [-0.15, -0.1) is 0 Å². The van der Waals surface area contributed by atoms with Crippen molar-refractivity contribution in [3.05, 3.63) is 59.1 Å². The number of thioether (sulfide) groups is 1. The predicted octanol–water partition coefficient (Wildman–Crippen LogP) is 2.18. The van der Waals surface area contributed by atoms with E-state index in [4.69, 9.17) is 0 Å². The van der Waals surface area contributed by atoms with Crippen molar-refractivity contribution in [3.8, 4) is 11.3 Å². The van der Waals surface area contributed by atoms with Crippen LogP contribution in [0, 0.1) is 0 Å². The van der Waals surface area contributed by atoms with Crippen molar-refractivity contribution in [1.82, 2.24) is 14.0 Å². The fourth-order valence-corrected chi connectivity index (χ4v) is 2.45. The molecule has 0 amide bonds. The van der Waals surface area contributed by atoms with E-state index in [9.17, 15) is 4.79 Å². The molecule has 3 aromatic rings. The molecule has 0 saturated heterocycles. The van der Waals surface area contributed by atoms with Crippen LogP contribution in [-0.2, 0) is 0 Å². The zero-order valence-corrected chi connectivity index (χ0v) is 10.6. The van der Waals surface area contributed by atoms with Gasteiger partial charge in [0.1, 0.15) is 0 Å². The van der Waals surface area contributed by atoms with Crippen LogP contribution < -0.4 is 5.56 Å². The normalized spacial score (nSPS) is 10.9. The van der Waals surface area contributed by atoms with Crippen LogP contribution in [0.4, 0.5) is 0 Å². The summed E-state index contributed by atoms with van der Waals surface area (Å²) in [5.74, 6) is 0. The van der Waals surface area contributed by atoms with Crippen molar-refractivity contribution in [3.63, 3.8) is 0 Å². The molecule has 0 spiro atoms. The summed E-state index contributed by atoms with van der Waals surface area (Å²) in [6.07, 6.45) is 5.47. The van der Waals surface area contributed by atoms with Crippen LogP contribution in [-0.4, -0.2) is 20.3 Å². The van der Waals surface area contributed by atoms with Gasteiger partial charge in [0.25, 0.3) is 5.56 Å². The van der Waals surface area contributed by atoms with Gasteiger partial charge in [-0.25, -0.2) is 9.50 Å². The second-order valence-corrected chi connectivity index (χ2v) is 4.58. The number of nitrogens with zero attached hydrogens (tertiary/aromatic N) is 3. The standard InChI is InChI=1S/C13H11N3OS/c1-18-13-14-9-11(10-5-3-2-4-6-10)15-8-7-12(17)16(13)15/h2-9H,1H3. The molecule has 2 heterocycles. The lowest BCUT2D eigenvalue weighted by molar-refractivity contribution is 0.680. The Hall–Kier alpha value is -2.01.